The van der Waals surface area contributed by atoms with Crippen LogP contribution in [-0.2, 0) is 18.7 Å². The first-order valence-electron chi connectivity index (χ1n) is 6.49. The van der Waals surface area contributed by atoms with Gasteiger partial charge in [-0.15, -0.1) is 11.3 Å². The Labute approximate surface area is 113 Å². The predicted octanol–water partition coefficient (Wildman–Crippen LogP) is 2.63. The van der Waals surface area contributed by atoms with Crippen LogP contribution in [0.25, 0.3) is 0 Å². The average Bonchev–Trinajstić information content (AvgIpc) is 2.76. The number of hydrogen-bond acceptors (Lipinski definition) is 4. The molecule has 2 N–H and O–H groups in total. The van der Waals surface area contributed by atoms with Crippen molar-refractivity contribution in [1.82, 2.24) is 10.6 Å². The molecule has 4 heteroatoms. The van der Waals surface area contributed by atoms with Gasteiger partial charge in [-0.1, -0.05) is 6.92 Å². The Morgan fingerprint density at radius 1 is 1.29 bits per heavy atom. The molecule has 0 unspecified atom stereocenters. The van der Waals surface area contributed by atoms with Gasteiger partial charge in [0.05, 0.1) is 0 Å². The molecule has 1 aromatic heterocycles. The van der Waals surface area contributed by atoms with Gasteiger partial charge in [0.25, 0.3) is 0 Å². The minimum Gasteiger partial charge on any atom is -0.317 e. The Morgan fingerprint density at radius 2 is 2.18 bits per heavy atom. The summed E-state index contributed by atoms with van der Waals surface area (Å²) < 4.78 is 0. The maximum absolute atomic E-state index is 3.53. The van der Waals surface area contributed by atoms with Crippen molar-refractivity contribution >= 4 is 23.1 Å². The molecule has 0 bridgehead atoms. The molecule has 96 valence electrons. The minimum absolute atomic E-state index is 1.05. The molecule has 1 aliphatic heterocycles. The third-order valence-electron chi connectivity index (χ3n) is 2.94. The quantitative estimate of drug-likeness (QED) is 0.745. The van der Waals surface area contributed by atoms with Gasteiger partial charge in [-0.05, 0) is 49.9 Å². The molecule has 0 fully saturated rings. The number of nitrogens with one attached hydrogen (secondary N) is 2. The lowest BCUT2D eigenvalue weighted by Gasteiger charge is -2.08. The lowest BCUT2D eigenvalue weighted by atomic mass is 10.2. The summed E-state index contributed by atoms with van der Waals surface area (Å²) >= 11 is 4.08. The van der Waals surface area contributed by atoms with Crippen molar-refractivity contribution in [1.29, 1.82) is 0 Å². The molecule has 0 saturated heterocycles. The van der Waals surface area contributed by atoms with Crippen molar-refractivity contribution in [3.8, 4) is 0 Å². The summed E-state index contributed by atoms with van der Waals surface area (Å²) in [7, 11) is 0. The summed E-state index contributed by atoms with van der Waals surface area (Å²) in [5.41, 5.74) is 1.59. The Balaban J connectivity index is 1.67. The molecule has 2 nitrogen and oxygen atoms in total. The van der Waals surface area contributed by atoms with E-state index in [1.54, 1.807) is 10.4 Å². The van der Waals surface area contributed by atoms with Crippen LogP contribution >= 0.6 is 23.1 Å². The molecular weight excluding hydrogens is 248 g/mol. The number of thioether (sulfide) groups is 1. The lowest BCUT2D eigenvalue weighted by Crippen LogP contribution is -2.21. The maximum Gasteiger partial charge on any atom is 0.0299 e. The monoisotopic (exact) mass is 270 g/mol. The van der Waals surface area contributed by atoms with E-state index in [0.717, 1.165) is 26.2 Å². The van der Waals surface area contributed by atoms with E-state index in [2.05, 4.69) is 35.4 Å². The number of aryl methyl sites for hydroxylation is 1. The highest BCUT2D eigenvalue weighted by molar-refractivity contribution is 7.98. The molecule has 0 atom stereocenters. The van der Waals surface area contributed by atoms with Gasteiger partial charge in [0, 0.05) is 22.1 Å². The molecule has 0 radical (unpaired) electrons. The molecule has 17 heavy (non-hydrogen) atoms. The minimum atomic E-state index is 1.05. The molecule has 2 rings (SSSR count). The first-order valence-corrected chi connectivity index (χ1v) is 8.47. The van der Waals surface area contributed by atoms with Gasteiger partial charge in [-0.3, -0.25) is 0 Å². The molecular formula is C13H22N2S2. The topological polar surface area (TPSA) is 24.1 Å². The first-order chi connectivity index (χ1) is 8.40. The molecule has 0 aromatic carbocycles. The summed E-state index contributed by atoms with van der Waals surface area (Å²) in [6, 6.07) is 2.41. The van der Waals surface area contributed by atoms with Crippen LogP contribution in [0, 0.1) is 0 Å². The third-order valence-corrected chi connectivity index (χ3v) is 5.18. The van der Waals surface area contributed by atoms with Crippen molar-refractivity contribution in [2.24, 2.45) is 0 Å². The summed E-state index contributed by atoms with van der Waals surface area (Å²) in [6.45, 7) is 6.52. The van der Waals surface area contributed by atoms with Crippen molar-refractivity contribution in [3.63, 3.8) is 0 Å². The normalized spacial score (nSPS) is 14.9. The number of thiophene rings is 1. The number of rotatable bonds is 7. The van der Waals surface area contributed by atoms with E-state index in [4.69, 9.17) is 0 Å². The highest BCUT2D eigenvalue weighted by atomic mass is 32.2. The van der Waals surface area contributed by atoms with Crippen LogP contribution in [0.15, 0.2) is 6.07 Å². The lowest BCUT2D eigenvalue weighted by molar-refractivity contribution is 0.609. The molecule has 1 aromatic rings. The summed E-state index contributed by atoms with van der Waals surface area (Å²) in [6.07, 6.45) is 2.50. The first kappa shape index (κ1) is 13.4. The molecule has 1 aliphatic rings. The standard InChI is InChI=1S/C13H22N2S2/c1-2-14-5-3-6-15-9-12-8-11-10-16-7-4-13(11)17-12/h8,14-15H,2-7,9-10H2,1H3. The molecule has 0 aliphatic carbocycles. The summed E-state index contributed by atoms with van der Waals surface area (Å²) in [5, 5.41) is 6.88. The summed E-state index contributed by atoms with van der Waals surface area (Å²) in [5.74, 6) is 2.54. The van der Waals surface area contributed by atoms with E-state index < -0.39 is 0 Å². The van der Waals surface area contributed by atoms with E-state index in [1.165, 1.54) is 29.2 Å². The van der Waals surface area contributed by atoms with Crippen molar-refractivity contribution < 1.29 is 0 Å². The van der Waals surface area contributed by atoms with Gasteiger partial charge >= 0.3 is 0 Å². The van der Waals surface area contributed by atoms with E-state index in [0.29, 0.717) is 0 Å². The molecule has 0 saturated carbocycles. The SMILES string of the molecule is CCNCCCNCc1cc2c(s1)CCSC2. The second-order valence-electron chi connectivity index (χ2n) is 4.35. The van der Waals surface area contributed by atoms with Gasteiger partial charge < -0.3 is 10.6 Å². The molecule has 0 amide bonds. The van der Waals surface area contributed by atoms with Gasteiger partial charge in [0.1, 0.15) is 0 Å². The van der Waals surface area contributed by atoms with Gasteiger partial charge in [-0.25, -0.2) is 0 Å². The Hall–Kier alpha value is -0.0300. The third kappa shape index (κ3) is 4.28. The Bertz CT molecular complexity index is 313. The van der Waals surface area contributed by atoms with Gasteiger partial charge in [0.15, 0.2) is 0 Å². The number of hydrogen-bond donors (Lipinski definition) is 2. The van der Waals surface area contributed by atoms with Crippen LogP contribution in [0.5, 0.6) is 0 Å². The van der Waals surface area contributed by atoms with Crippen molar-refractivity contribution in [2.45, 2.75) is 32.1 Å². The summed E-state index contributed by atoms with van der Waals surface area (Å²) in [4.78, 5) is 3.15. The largest absolute Gasteiger partial charge is 0.317 e. The van der Waals surface area contributed by atoms with E-state index in [-0.39, 0.29) is 0 Å². The zero-order valence-corrected chi connectivity index (χ0v) is 12.2. The second kappa shape index (κ2) is 7.41. The second-order valence-corrected chi connectivity index (χ2v) is 6.67. The van der Waals surface area contributed by atoms with Crippen molar-refractivity contribution in [3.05, 3.63) is 21.4 Å². The number of fused-ring (bicyclic) bond motifs is 1. The fourth-order valence-corrected chi connectivity index (χ4v) is 4.37. The zero-order chi connectivity index (χ0) is 11.9. The van der Waals surface area contributed by atoms with Crippen LogP contribution in [0.4, 0.5) is 0 Å². The van der Waals surface area contributed by atoms with Crippen LogP contribution in [-0.4, -0.2) is 25.4 Å². The van der Waals surface area contributed by atoms with Crippen LogP contribution in [0.1, 0.15) is 28.7 Å². The van der Waals surface area contributed by atoms with E-state index >= 15 is 0 Å². The van der Waals surface area contributed by atoms with Crippen LogP contribution in [0.3, 0.4) is 0 Å². The van der Waals surface area contributed by atoms with Gasteiger partial charge in [-0.2, -0.15) is 11.8 Å². The smallest absolute Gasteiger partial charge is 0.0299 e. The van der Waals surface area contributed by atoms with E-state index in [1.807, 2.05) is 11.3 Å². The fraction of sp³-hybridized carbons (Fsp3) is 0.692. The maximum atomic E-state index is 3.53. The highest BCUT2D eigenvalue weighted by Crippen LogP contribution is 2.31. The van der Waals surface area contributed by atoms with Crippen LogP contribution < -0.4 is 10.6 Å². The highest BCUT2D eigenvalue weighted by Gasteiger charge is 2.12. The Morgan fingerprint density at radius 3 is 3.00 bits per heavy atom. The zero-order valence-electron chi connectivity index (χ0n) is 10.6. The van der Waals surface area contributed by atoms with E-state index in [9.17, 15) is 0 Å². The average molecular weight is 270 g/mol. The van der Waals surface area contributed by atoms with Gasteiger partial charge in [0.2, 0.25) is 0 Å². The van der Waals surface area contributed by atoms with Crippen molar-refractivity contribution in [2.75, 3.05) is 25.4 Å². The predicted molar refractivity (Wildman–Crippen MR) is 79.1 cm³/mol. The van der Waals surface area contributed by atoms with Crippen LogP contribution in [0.2, 0.25) is 0 Å². The Kier molecular flexibility index (Phi) is 5.85. The fourth-order valence-electron chi connectivity index (χ4n) is 2.02. The molecule has 0 spiro atoms. The molecule has 2 heterocycles.